The fourth-order valence-electron chi connectivity index (χ4n) is 5.56. The summed E-state index contributed by atoms with van der Waals surface area (Å²) in [6.45, 7) is 5.76. The summed E-state index contributed by atoms with van der Waals surface area (Å²) in [6, 6.07) is 2.90. The average Bonchev–Trinajstić information content (AvgIpc) is 3.37. The first-order valence-corrected chi connectivity index (χ1v) is 12.2. The molecule has 1 heterocycles. The van der Waals surface area contributed by atoms with Gasteiger partial charge in [0.2, 0.25) is 11.6 Å². The molecule has 1 aromatic carbocycles. The van der Waals surface area contributed by atoms with E-state index in [4.69, 9.17) is 18.9 Å². The van der Waals surface area contributed by atoms with Crippen molar-refractivity contribution in [2.24, 2.45) is 23.7 Å². The van der Waals surface area contributed by atoms with Crippen molar-refractivity contribution in [1.82, 2.24) is 0 Å². The fraction of sp³-hybridized carbons (Fsp3) is 0.692. The molecular formula is C26H36F2O4. The van der Waals surface area contributed by atoms with Gasteiger partial charge in [-0.1, -0.05) is 6.08 Å². The molecule has 3 fully saturated rings. The summed E-state index contributed by atoms with van der Waals surface area (Å²) in [6.07, 6.45) is 11.8. The van der Waals surface area contributed by atoms with Crippen molar-refractivity contribution in [2.75, 3.05) is 26.4 Å². The lowest BCUT2D eigenvalue weighted by Crippen LogP contribution is -2.31. The number of rotatable bonds is 9. The molecule has 0 unspecified atom stereocenters. The molecule has 1 saturated heterocycles. The van der Waals surface area contributed by atoms with Crippen molar-refractivity contribution in [3.8, 4) is 11.5 Å². The van der Waals surface area contributed by atoms with Gasteiger partial charge in [-0.15, -0.1) is 6.58 Å². The summed E-state index contributed by atoms with van der Waals surface area (Å²) < 4.78 is 50.9. The van der Waals surface area contributed by atoms with Gasteiger partial charge in [-0.3, -0.25) is 0 Å². The Morgan fingerprint density at radius 2 is 1.34 bits per heavy atom. The van der Waals surface area contributed by atoms with Gasteiger partial charge in [0.25, 0.3) is 0 Å². The number of benzene rings is 1. The first-order chi connectivity index (χ1) is 15.7. The Morgan fingerprint density at radius 1 is 0.812 bits per heavy atom. The predicted octanol–water partition coefficient (Wildman–Crippen LogP) is 6.28. The first kappa shape index (κ1) is 23.5. The summed E-state index contributed by atoms with van der Waals surface area (Å²) in [4.78, 5) is 0. The normalized spacial score (nSPS) is 29.1. The largest absolute Gasteiger partial charge is 0.490 e. The topological polar surface area (TPSA) is 36.9 Å². The Morgan fingerprint density at radius 3 is 1.94 bits per heavy atom. The van der Waals surface area contributed by atoms with E-state index in [9.17, 15) is 8.78 Å². The van der Waals surface area contributed by atoms with Gasteiger partial charge in [0.15, 0.2) is 17.8 Å². The molecule has 32 heavy (non-hydrogen) atoms. The maximum Gasteiger partial charge on any atom is 0.204 e. The second kappa shape index (κ2) is 11.5. The lowest BCUT2D eigenvalue weighted by atomic mass is 9.69. The van der Waals surface area contributed by atoms with Crippen LogP contribution in [0.1, 0.15) is 57.8 Å². The first-order valence-electron chi connectivity index (χ1n) is 12.2. The highest BCUT2D eigenvalue weighted by Crippen LogP contribution is 2.43. The van der Waals surface area contributed by atoms with E-state index in [1.807, 2.05) is 0 Å². The van der Waals surface area contributed by atoms with Crippen LogP contribution in [0.4, 0.5) is 8.78 Å². The highest BCUT2D eigenvalue weighted by molar-refractivity contribution is 5.35. The van der Waals surface area contributed by atoms with Crippen LogP contribution in [0.2, 0.25) is 0 Å². The molecule has 3 aliphatic rings. The Labute approximate surface area is 190 Å². The summed E-state index contributed by atoms with van der Waals surface area (Å²) in [5.41, 5.74) is 0. The van der Waals surface area contributed by atoms with Gasteiger partial charge in [0.1, 0.15) is 0 Å². The number of ether oxygens (including phenoxy) is 4. The predicted molar refractivity (Wildman–Crippen MR) is 119 cm³/mol. The molecule has 0 radical (unpaired) electrons. The molecular weight excluding hydrogens is 414 g/mol. The van der Waals surface area contributed by atoms with Crippen molar-refractivity contribution in [1.29, 1.82) is 0 Å². The van der Waals surface area contributed by atoms with Crippen molar-refractivity contribution in [2.45, 2.75) is 64.1 Å². The number of halogens is 2. The smallest absolute Gasteiger partial charge is 0.204 e. The number of hydrogen-bond donors (Lipinski definition) is 0. The van der Waals surface area contributed by atoms with E-state index >= 15 is 0 Å². The zero-order valence-corrected chi connectivity index (χ0v) is 18.9. The van der Waals surface area contributed by atoms with Crippen LogP contribution in [0.15, 0.2) is 24.8 Å². The zero-order chi connectivity index (χ0) is 22.3. The second-order valence-electron chi connectivity index (χ2n) is 9.49. The van der Waals surface area contributed by atoms with Crippen LogP contribution < -0.4 is 9.47 Å². The minimum absolute atomic E-state index is 0.0295. The van der Waals surface area contributed by atoms with Gasteiger partial charge in [0, 0.05) is 5.92 Å². The molecule has 2 aliphatic carbocycles. The second-order valence-corrected chi connectivity index (χ2v) is 9.49. The van der Waals surface area contributed by atoms with E-state index < -0.39 is 11.6 Å². The van der Waals surface area contributed by atoms with Crippen molar-refractivity contribution in [3.05, 3.63) is 36.4 Å². The van der Waals surface area contributed by atoms with Crippen LogP contribution >= 0.6 is 0 Å². The van der Waals surface area contributed by atoms with Gasteiger partial charge in [-0.2, -0.15) is 8.78 Å². The third-order valence-corrected chi connectivity index (χ3v) is 7.47. The zero-order valence-electron chi connectivity index (χ0n) is 18.9. The van der Waals surface area contributed by atoms with Crippen LogP contribution in [0.25, 0.3) is 0 Å². The molecule has 0 aromatic heterocycles. The van der Waals surface area contributed by atoms with E-state index in [-0.39, 0.29) is 24.4 Å². The Hall–Kier alpha value is -1.66. The van der Waals surface area contributed by atoms with Gasteiger partial charge in [-0.25, -0.2) is 0 Å². The number of hydrogen-bond acceptors (Lipinski definition) is 4. The van der Waals surface area contributed by atoms with Gasteiger partial charge in [-0.05, 0) is 87.7 Å². The maximum absolute atomic E-state index is 14.4. The van der Waals surface area contributed by atoms with Crippen LogP contribution in [0.5, 0.6) is 11.5 Å². The highest BCUT2D eigenvalue weighted by atomic mass is 19.2. The van der Waals surface area contributed by atoms with E-state index in [0.717, 1.165) is 37.9 Å². The molecule has 4 rings (SSSR count). The summed E-state index contributed by atoms with van der Waals surface area (Å²) in [7, 11) is 0. The Balaban J connectivity index is 1.18. The Kier molecular flexibility index (Phi) is 8.42. The SMILES string of the molecule is C=CCCOc1ccc(OCC2CCC(C3CCC(C4OCCO4)CC3)CC2)c(F)c1F. The van der Waals surface area contributed by atoms with Gasteiger partial charge in [0.05, 0.1) is 26.4 Å². The molecule has 178 valence electrons. The molecule has 0 amide bonds. The Bertz CT molecular complexity index is 734. The fourth-order valence-corrected chi connectivity index (χ4v) is 5.56. The minimum Gasteiger partial charge on any atom is -0.490 e. The molecule has 6 heteroatoms. The molecule has 2 saturated carbocycles. The van der Waals surface area contributed by atoms with E-state index in [1.54, 1.807) is 6.08 Å². The standard InChI is InChI=1S/C26H36F2O4/c1-2-3-14-29-22-12-13-23(25(28)24(22)27)32-17-18-4-6-19(7-5-18)20-8-10-21(11-9-20)26-30-15-16-31-26/h2,12-13,18-21,26H,1,3-11,14-17H2. The molecule has 1 aliphatic heterocycles. The van der Waals surface area contributed by atoms with Crippen LogP contribution in [0.3, 0.4) is 0 Å². The summed E-state index contributed by atoms with van der Waals surface area (Å²) >= 11 is 0. The lowest BCUT2D eigenvalue weighted by molar-refractivity contribution is -0.0973. The average molecular weight is 451 g/mol. The van der Waals surface area contributed by atoms with Crippen molar-refractivity contribution in [3.63, 3.8) is 0 Å². The third-order valence-electron chi connectivity index (χ3n) is 7.47. The van der Waals surface area contributed by atoms with Gasteiger partial charge >= 0.3 is 0 Å². The molecule has 1 aromatic rings. The maximum atomic E-state index is 14.4. The van der Waals surface area contributed by atoms with Crippen LogP contribution in [-0.2, 0) is 9.47 Å². The third kappa shape index (κ3) is 5.82. The quantitative estimate of drug-likeness (QED) is 0.328. The summed E-state index contributed by atoms with van der Waals surface area (Å²) in [5, 5.41) is 0. The molecule has 4 nitrogen and oxygen atoms in total. The minimum atomic E-state index is -0.987. The van der Waals surface area contributed by atoms with Crippen molar-refractivity contribution < 1.29 is 27.7 Å². The molecule has 0 atom stereocenters. The van der Waals surface area contributed by atoms with E-state index in [2.05, 4.69) is 6.58 Å². The van der Waals surface area contributed by atoms with E-state index in [0.29, 0.717) is 24.9 Å². The molecule has 0 bridgehead atoms. The highest BCUT2D eigenvalue weighted by Gasteiger charge is 2.35. The molecule has 0 N–H and O–H groups in total. The van der Waals surface area contributed by atoms with Crippen LogP contribution in [0, 0.1) is 35.3 Å². The summed E-state index contributed by atoms with van der Waals surface area (Å²) in [5.74, 6) is 0.462. The lowest BCUT2D eigenvalue weighted by Gasteiger charge is -2.38. The van der Waals surface area contributed by atoms with E-state index in [1.165, 1.54) is 50.7 Å². The van der Waals surface area contributed by atoms with Crippen LogP contribution in [-0.4, -0.2) is 32.7 Å². The van der Waals surface area contributed by atoms with Crippen molar-refractivity contribution >= 4 is 0 Å². The van der Waals surface area contributed by atoms with Gasteiger partial charge < -0.3 is 18.9 Å². The molecule has 0 spiro atoms. The monoisotopic (exact) mass is 450 g/mol.